The summed E-state index contributed by atoms with van der Waals surface area (Å²) in [5.41, 5.74) is 0.359. The van der Waals surface area contributed by atoms with Crippen LogP contribution >= 0.6 is 11.6 Å². The molecule has 0 bridgehead atoms. The van der Waals surface area contributed by atoms with Gasteiger partial charge in [0.15, 0.2) is 6.10 Å². The van der Waals surface area contributed by atoms with Crippen molar-refractivity contribution in [3.63, 3.8) is 0 Å². The van der Waals surface area contributed by atoms with Crippen molar-refractivity contribution in [2.24, 2.45) is 0 Å². The lowest BCUT2D eigenvalue weighted by Gasteiger charge is -2.16. The fourth-order valence-electron chi connectivity index (χ4n) is 2.89. The van der Waals surface area contributed by atoms with Crippen LogP contribution in [0.25, 0.3) is 0 Å². The van der Waals surface area contributed by atoms with Gasteiger partial charge in [0, 0.05) is 0 Å². The number of hydrogen-bond acceptors (Lipinski definition) is 6. The molecule has 0 aliphatic rings. The van der Waals surface area contributed by atoms with Gasteiger partial charge >= 0.3 is 12.1 Å². The van der Waals surface area contributed by atoms with Crippen molar-refractivity contribution in [3.05, 3.63) is 75.6 Å². The molecule has 1 atom stereocenters. The van der Waals surface area contributed by atoms with E-state index >= 15 is 0 Å². The quantitative estimate of drug-likeness (QED) is 0.420. The fourth-order valence-corrected chi connectivity index (χ4v) is 3.05. The smallest absolute Gasteiger partial charge is 0.416 e. The van der Waals surface area contributed by atoms with Gasteiger partial charge in [0.1, 0.15) is 18.1 Å². The number of halogens is 4. The molecule has 1 N–H and O–H groups in total. The molecule has 1 heterocycles. The summed E-state index contributed by atoms with van der Waals surface area (Å²) in [6.45, 7) is 5.00. The summed E-state index contributed by atoms with van der Waals surface area (Å²) in [4.78, 5) is 24.9. The highest BCUT2D eigenvalue weighted by molar-refractivity contribution is 6.33. The lowest BCUT2D eigenvalue weighted by Crippen LogP contribution is -2.30. The topological polar surface area (TPSA) is 90.7 Å². The van der Waals surface area contributed by atoms with Gasteiger partial charge < -0.3 is 19.3 Å². The Balaban J connectivity index is 1.63. The molecule has 0 radical (unpaired) electrons. The maximum atomic E-state index is 12.9. The van der Waals surface area contributed by atoms with Crippen molar-refractivity contribution in [2.75, 3.05) is 5.32 Å². The minimum atomic E-state index is -4.61. The Bertz CT molecular complexity index is 1190. The van der Waals surface area contributed by atoms with Crippen LogP contribution in [-0.4, -0.2) is 23.1 Å². The maximum Gasteiger partial charge on any atom is 0.416 e. The molecule has 180 valence electrons. The second-order valence-corrected chi connectivity index (χ2v) is 7.76. The van der Waals surface area contributed by atoms with Crippen LogP contribution in [0.5, 0.6) is 5.75 Å². The van der Waals surface area contributed by atoms with Crippen LogP contribution in [-0.2, 0) is 22.3 Å². The van der Waals surface area contributed by atoms with Crippen molar-refractivity contribution in [3.8, 4) is 5.75 Å². The Hall–Kier alpha value is -3.53. The Morgan fingerprint density at radius 2 is 1.91 bits per heavy atom. The van der Waals surface area contributed by atoms with Crippen LogP contribution in [0.4, 0.5) is 18.9 Å². The summed E-state index contributed by atoms with van der Waals surface area (Å²) < 4.78 is 54.7. The van der Waals surface area contributed by atoms with Crippen molar-refractivity contribution >= 4 is 29.2 Å². The van der Waals surface area contributed by atoms with E-state index in [0.717, 1.165) is 17.7 Å². The summed E-state index contributed by atoms with van der Waals surface area (Å²) in [6, 6.07) is 8.64. The Morgan fingerprint density at radius 3 is 2.56 bits per heavy atom. The number of nitrogens with one attached hydrogen (secondary N) is 1. The third-order valence-electron chi connectivity index (χ3n) is 4.84. The largest absolute Gasteiger partial charge is 0.489 e. The van der Waals surface area contributed by atoms with E-state index in [1.807, 2.05) is 0 Å². The molecule has 11 heteroatoms. The predicted molar refractivity (Wildman–Crippen MR) is 117 cm³/mol. The summed E-state index contributed by atoms with van der Waals surface area (Å²) in [7, 11) is 0. The van der Waals surface area contributed by atoms with E-state index in [9.17, 15) is 22.8 Å². The van der Waals surface area contributed by atoms with Gasteiger partial charge in [-0.15, -0.1) is 0 Å². The normalized spacial score (nSPS) is 12.2. The molecule has 0 aliphatic carbocycles. The van der Waals surface area contributed by atoms with Crippen molar-refractivity contribution in [1.82, 2.24) is 5.16 Å². The molecular formula is C23H20ClF3N2O5. The van der Waals surface area contributed by atoms with E-state index in [4.69, 9.17) is 25.6 Å². The van der Waals surface area contributed by atoms with Crippen LogP contribution in [0.15, 0.2) is 47.0 Å². The van der Waals surface area contributed by atoms with E-state index in [2.05, 4.69) is 10.5 Å². The zero-order chi connectivity index (χ0) is 25.0. The third kappa shape index (κ3) is 6.07. The van der Waals surface area contributed by atoms with Crippen molar-refractivity contribution < 1.29 is 36.8 Å². The molecule has 7 nitrogen and oxygen atoms in total. The molecule has 3 aromatic rings. The van der Waals surface area contributed by atoms with Gasteiger partial charge in [0.05, 0.1) is 33.1 Å². The van der Waals surface area contributed by atoms with Crippen molar-refractivity contribution in [1.29, 1.82) is 0 Å². The first-order chi connectivity index (χ1) is 16.0. The number of rotatable bonds is 7. The average Bonchev–Trinajstić information content (AvgIpc) is 3.10. The van der Waals surface area contributed by atoms with Crippen LogP contribution in [0.2, 0.25) is 5.02 Å². The summed E-state index contributed by atoms with van der Waals surface area (Å²) >= 11 is 5.89. The number of nitrogens with zero attached hydrogens (tertiary/aromatic N) is 1. The first-order valence-corrected chi connectivity index (χ1v) is 10.4. The van der Waals surface area contributed by atoms with Gasteiger partial charge in [-0.25, -0.2) is 4.79 Å². The first kappa shape index (κ1) is 25.1. The highest BCUT2D eigenvalue weighted by Gasteiger charge is 2.31. The van der Waals surface area contributed by atoms with E-state index in [-0.39, 0.29) is 22.9 Å². The molecule has 0 unspecified atom stereocenters. The molecule has 0 aliphatic heterocycles. The number of carbonyl (C=O) groups is 2. The predicted octanol–water partition coefficient (Wildman–Crippen LogP) is 5.73. The second-order valence-electron chi connectivity index (χ2n) is 7.35. The highest BCUT2D eigenvalue weighted by Crippen LogP contribution is 2.34. The standard InChI is InChI=1S/C23H20ClF3N2O5/c1-12-18(13(2)34-29-12)11-32-17-6-4-5-15(9-17)22(31)33-14(3)21(30)28-20-10-16(23(25,26)27)7-8-19(20)24/h4-10,14H,11H2,1-3H3,(H,28,30)/t14-/m0/s1. The summed E-state index contributed by atoms with van der Waals surface area (Å²) in [6.07, 6.45) is -5.93. The van der Waals surface area contributed by atoms with Crippen LogP contribution in [0.1, 0.15) is 39.9 Å². The highest BCUT2D eigenvalue weighted by atomic mass is 35.5. The Labute approximate surface area is 197 Å². The molecule has 0 saturated carbocycles. The molecular weight excluding hydrogens is 477 g/mol. The number of benzene rings is 2. The van der Waals surface area contributed by atoms with Gasteiger partial charge in [0.2, 0.25) is 0 Å². The number of carbonyl (C=O) groups excluding carboxylic acids is 2. The number of hydrogen-bond donors (Lipinski definition) is 1. The number of alkyl halides is 3. The minimum absolute atomic E-state index is 0.0944. The van der Waals surface area contributed by atoms with Crippen molar-refractivity contribution in [2.45, 2.75) is 39.7 Å². The Morgan fingerprint density at radius 1 is 1.18 bits per heavy atom. The lowest BCUT2D eigenvalue weighted by molar-refractivity contribution is -0.137. The molecule has 0 saturated heterocycles. The second kappa shape index (κ2) is 10.2. The fraction of sp³-hybridized carbons (Fsp3) is 0.261. The molecule has 2 aromatic carbocycles. The molecule has 0 spiro atoms. The zero-order valence-electron chi connectivity index (χ0n) is 18.3. The van der Waals surface area contributed by atoms with Gasteiger partial charge in [-0.2, -0.15) is 13.2 Å². The lowest BCUT2D eigenvalue weighted by atomic mass is 10.2. The van der Waals surface area contributed by atoms with E-state index < -0.39 is 29.7 Å². The number of ether oxygens (including phenoxy) is 2. The van der Waals surface area contributed by atoms with Gasteiger partial charge in [0.25, 0.3) is 5.91 Å². The number of aromatic nitrogens is 1. The molecule has 1 amide bonds. The van der Waals surface area contributed by atoms with E-state index in [0.29, 0.717) is 23.3 Å². The van der Waals surface area contributed by atoms with Crippen LogP contribution < -0.4 is 10.1 Å². The molecule has 3 rings (SSSR count). The van der Waals surface area contributed by atoms with Crippen LogP contribution in [0, 0.1) is 13.8 Å². The monoisotopic (exact) mass is 496 g/mol. The third-order valence-corrected chi connectivity index (χ3v) is 5.17. The Kier molecular flexibility index (Phi) is 7.51. The number of esters is 1. The SMILES string of the molecule is Cc1noc(C)c1COc1cccc(C(=O)O[C@@H](C)C(=O)Nc2cc(C(F)(F)F)ccc2Cl)c1. The maximum absolute atomic E-state index is 12.9. The minimum Gasteiger partial charge on any atom is -0.489 e. The molecule has 1 aromatic heterocycles. The summed E-state index contributed by atoms with van der Waals surface area (Å²) in [5.74, 6) is -0.669. The first-order valence-electron chi connectivity index (χ1n) is 9.99. The zero-order valence-corrected chi connectivity index (χ0v) is 19.1. The van der Waals surface area contributed by atoms with E-state index in [1.165, 1.54) is 19.1 Å². The number of amides is 1. The van der Waals surface area contributed by atoms with Gasteiger partial charge in [-0.1, -0.05) is 22.8 Å². The van der Waals surface area contributed by atoms with Gasteiger partial charge in [-0.3, -0.25) is 4.79 Å². The average molecular weight is 497 g/mol. The van der Waals surface area contributed by atoms with E-state index in [1.54, 1.807) is 26.0 Å². The van der Waals surface area contributed by atoms with Crippen LogP contribution in [0.3, 0.4) is 0 Å². The number of anilines is 1. The summed E-state index contributed by atoms with van der Waals surface area (Å²) in [5, 5.41) is 6.00. The number of aryl methyl sites for hydroxylation is 2. The van der Waals surface area contributed by atoms with Gasteiger partial charge in [-0.05, 0) is 57.2 Å². The molecule has 0 fully saturated rings. The molecule has 34 heavy (non-hydrogen) atoms.